The fourth-order valence-electron chi connectivity index (χ4n) is 1.30. The maximum Gasteiger partial charge on any atom is 0.303 e. The average Bonchev–Trinajstić information content (AvgIpc) is 2.34. The van der Waals surface area contributed by atoms with Crippen molar-refractivity contribution in [1.29, 1.82) is 0 Å². The molecule has 18 heavy (non-hydrogen) atoms. The summed E-state index contributed by atoms with van der Waals surface area (Å²) in [5.74, 6) is -0.470. The van der Waals surface area contributed by atoms with Crippen LogP contribution < -0.4 is 10.1 Å². The number of rotatable bonds is 7. The number of ether oxygens (including phenoxy) is 1. The van der Waals surface area contributed by atoms with Crippen LogP contribution in [-0.2, 0) is 9.59 Å². The normalized spacial score (nSPS) is 9.83. The van der Waals surface area contributed by atoms with Crippen LogP contribution in [0.5, 0.6) is 5.75 Å². The Morgan fingerprint density at radius 1 is 1.28 bits per heavy atom. The maximum absolute atomic E-state index is 11.3. The van der Waals surface area contributed by atoms with E-state index in [1.165, 1.54) is 0 Å². The van der Waals surface area contributed by atoms with Crippen molar-refractivity contribution in [3.63, 3.8) is 0 Å². The zero-order valence-electron chi connectivity index (χ0n) is 10.3. The first-order valence-electron chi connectivity index (χ1n) is 5.76. The van der Waals surface area contributed by atoms with Crippen molar-refractivity contribution in [2.75, 3.05) is 13.2 Å². The maximum atomic E-state index is 11.3. The Morgan fingerprint density at radius 3 is 2.56 bits per heavy atom. The zero-order chi connectivity index (χ0) is 13.4. The van der Waals surface area contributed by atoms with E-state index in [2.05, 4.69) is 5.32 Å². The second-order valence-electron chi connectivity index (χ2n) is 3.95. The molecule has 0 aliphatic heterocycles. The highest BCUT2D eigenvalue weighted by atomic mass is 16.5. The van der Waals surface area contributed by atoms with E-state index in [1.807, 2.05) is 19.1 Å². The van der Waals surface area contributed by atoms with Crippen molar-refractivity contribution >= 4 is 11.9 Å². The SMILES string of the molecule is Cc1ccc(OCC(=O)NCCCC(=O)O)cc1. The minimum Gasteiger partial charge on any atom is -0.484 e. The molecule has 0 spiro atoms. The third-order valence-electron chi connectivity index (χ3n) is 2.28. The van der Waals surface area contributed by atoms with Crippen molar-refractivity contribution in [3.05, 3.63) is 29.8 Å². The summed E-state index contributed by atoms with van der Waals surface area (Å²) in [6.07, 6.45) is 0.477. The zero-order valence-corrected chi connectivity index (χ0v) is 10.3. The van der Waals surface area contributed by atoms with Gasteiger partial charge in [0.25, 0.3) is 5.91 Å². The van der Waals surface area contributed by atoms with Crippen molar-refractivity contribution in [2.45, 2.75) is 19.8 Å². The highest BCUT2D eigenvalue weighted by molar-refractivity contribution is 5.77. The molecule has 1 aromatic rings. The van der Waals surface area contributed by atoms with Crippen LogP contribution in [0.2, 0.25) is 0 Å². The smallest absolute Gasteiger partial charge is 0.303 e. The number of nitrogens with one attached hydrogen (secondary N) is 1. The molecule has 1 aromatic carbocycles. The molecular formula is C13H17NO4. The Balaban J connectivity index is 2.17. The molecule has 0 saturated heterocycles. The number of hydrogen-bond donors (Lipinski definition) is 2. The third kappa shape index (κ3) is 5.89. The minimum atomic E-state index is -0.861. The largest absolute Gasteiger partial charge is 0.484 e. The quantitative estimate of drug-likeness (QED) is 0.717. The number of carboxylic acid groups (broad SMARTS) is 1. The van der Waals surface area contributed by atoms with Gasteiger partial charge in [0.2, 0.25) is 0 Å². The second-order valence-corrected chi connectivity index (χ2v) is 3.95. The van der Waals surface area contributed by atoms with Crippen LogP contribution in [0, 0.1) is 6.92 Å². The highest BCUT2D eigenvalue weighted by Gasteiger charge is 2.03. The topological polar surface area (TPSA) is 75.6 Å². The van der Waals surface area contributed by atoms with Gasteiger partial charge >= 0.3 is 5.97 Å². The number of aryl methyl sites for hydroxylation is 1. The first-order chi connectivity index (χ1) is 8.58. The number of amides is 1. The van der Waals surface area contributed by atoms with E-state index in [0.717, 1.165) is 5.56 Å². The van der Waals surface area contributed by atoms with Crippen LogP contribution in [0.1, 0.15) is 18.4 Å². The van der Waals surface area contributed by atoms with E-state index >= 15 is 0 Å². The van der Waals surface area contributed by atoms with E-state index in [1.54, 1.807) is 12.1 Å². The summed E-state index contributed by atoms with van der Waals surface area (Å²) >= 11 is 0. The third-order valence-corrected chi connectivity index (χ3v) is 2.28. The first kappa shape index (κ1) is 14.0. The Kier molecular flexibility index (Phi) is 5.70. The van der Waals surface area contributed by atoms with Gasteiger partial charge in [0.15, 0.2) is 6.61 Å². The van der Waals surface area contributed by atoms with Crippen LogP contribution in [0.4, 0.5) is 0 Å². The molecule has 0 aliphatic carbocycles. The fourth-order valence-corrected chi connectivity index (χ4v) is 1.30. The Bertz CT molecular complexity index is 400. The number of hydrogen-bond acceptors (Lipinski definition) is 3. The monoisotopic (exact) mass is 251 g/mol. The van der Waals surface area contributed by atoms with Gasteiger partial charge < -0.3 is 15.2 Å². The van der Waals surface area contributed by atoms with Gasteiger partial charge in [0, 0.05) is 13.0 Å². The van der Waals surface area contributed by atoms with Gasteiger partial charge in [-0.15, -0.1) is 0 Å². The van der Waals surface area contributed by atoms with Crippen molar-refractivity contribution in [1.82, 2.24) is 5.32 Å². The van der Waals surface area contributed by atoms with E-state index < -0.39 is 5.97 Å². The highest BCUT2D eigenvalue weighted by Crippen LogP contribution is 2.10. The van der Waals surface area contributed by atoms with Gasteiger partial charge in [-0.2, -0.15) is 0 Å². The number of benzene rings is 1. The van der Waals surface area contributed by atoms with Crippen molar-refractivity contribution in [2.24, 2.45) is 0 Å². The summed E-state index contributed by atoms with van der Waals surface area (Å²) in [6.45, 7) is 2.26. The molecule has 0 aliphatic rings. The Hall–Kier alpha value is -2.04. The molecule has 1 rings (SSSR count). The predicted molar refractivity (Wildman–Crippen MR) is 66.6 cm³/mol. The predicted octanol–water partition coefficient (Wildman–Crippen LogP) is 1.35. The molecule has 2 N–H and O–H groups in total. The van der Waals surface area contributed by atoms with Crippen LogP contribution in [0.25, 0.3) is 0 Å². The van der Waals surface area contributed by atoms with E-state index in [9.17, 15) is 9.59 Å². The molecule has 0 radical (unpaired) electrons. The van der Waals surface area contributed by atoms with Gasteiger partial charge in [-0.3, -0.25) is 9.59 Å². The molecule has 0 atom stereocenters. The summed E-state index contributed by atoms with van der Waals surface area (Å²) in [7, 11) is 0. The van der Waals surface area contributed by atoms with Gasteiger partial charge in [0.05, 0.1) is 0 Å². The van der Waals surface area contributed by atoms with E-state index in [-0.39, 0.29) is 18.9 Å². The Morgan fingerprint density at radius 2 is 1.94 bits per heavy atom. The molecule has 1 amide bonds. The lowest BCUT2D eigenvalue weighted by Crippen LogP contribution is -2.29. The fraction of sp³-hybridized carbons (Fsp3) is 0.385. The molecular weight excluding hydrogens is 234 g/mol. The first-order valence-corrected chi connectivity index (χ1v) is 5.76. The van der Waals surface area contributed by atoms with E-state index in [0.29, 0.717) is 18.7 Å². The summed E-state index contributed by atoms with van der Waals surface area (Å²) in [6, 6.07) is 7.40. The molecule has 98 valence electrons. The molecule has 0 saturated carbocycles. The molecule has 0 unspecified atom stereocenters. The lowest BCUT2D eigenvalue weighted by Gasteiger charge is -2.07. The standard InChI is InChI=1S/C13H17NO4/c1-10-4-6-11(7-5-10)18-9-12(15)14-8-2-3-13(16)17/h4-7H,2-3,8-9H2,1H3,(H,14,15)(H,16,17). The summed E-state index contributed by atoms with van der Waals surface area (Å²) < 4.78 is 5.27. The van der Waals surface area contributed by atoms with Gasteiger partial charge in [-0.1, -0.05) is 17.7 Å². The Labute approximate surface area is 106 Å². The second kappa shape index (κ2) is 7.32. The van der Waals surface area contributed by atoms with Crippen molar-refractivity contribution in [3.8, 4) is 5.75 Å². The molecule has 0 heterocycles. The number of aliphatic carboxylic acids is 1. The van der Waals surface area contributed by atoms with Crippen LogP contribution >= 0.6 is 0 Å². The van der Waals surface area contributed by atoms with Crippen LogP contribution in [0.3, 0.4) is 0 Å². The summed E-state index contributed by atoms with van der Waals surface area (Å²) in [4.78, 5) is 21.6. The molecule has 0 aromatic heterocycles. The van der Waals surface area contributed by atoms with Gasteiger partial charge in [-0.25, -0.2) is 0 Å². The molecule has 0 bridgehead atoms. The average molecular weight is 251 g/mol. The molecule has 5 nitrogen and oxygen atoms in total. The van der Waals surface area contributed by atoms with Crippen LogP contribution in [-0.4, -0.2) is 30.1 Å². The van der Waals surface area contributed by atoms with Crippen LogP contribution in [0.15, 0.2) is 24.3 Å². The van der Waals surface area contributed by atoms with Gasteiger partial charge in [0.1, 0.15) is 5.75 Å². The summed E-state index contributed by atoms with van der Waals surface area (Å²) in [5.41, 5.74) is 1.13. The number of carboxylic acids is 1. The number of carbonyl (C=O) groups excluding carboxylic acids is 1. The summed E-state index contributed by atoms with van der Waals surface area (Å²) in [5, 5.41) is 11.0. The minimum absolute atomic E-state index is 0.0547. The molecule has 0 fully saturated rings. The molecule has 5 heteroatoms. The number of carbonyl (C=O) groups is 2. The van der Waals surface area contributed by atoms with Crippen molar-refractivity contribution < 1.29 is 19.4 Å². The lowest BCUT2D eigenvalue weighted by atomic mass is 10.2. The van der Waals surface area contributed by atoms with Gasteiger partial charge in [-0.05, 0) is 25.5 Å². The lowest BCUT2D eigenvalue weighted by molar-refractivity contribution is -0.137. The van der Waals surface area contributed by atoms with E-state index in [4.69, 9.17) is 9.84 Å².